The highest BCUT2D eigenvalue weighted by atomic mass is 35.5. The summed E-state index contributed by atoms with van der Waals surface area (Å²) in [5.41, 5.74) is -0.0596. The van der Waals surface area contributed by atoms with Crippen LogP contribution in [0.25, 0.3) is 32.4 Å². The van der Waals surface area contributed by atoms with Gasteiger partial charge in [-0.25, -0.2) is 19.0 Å². The molecule has 1 saturated heterocycles. The Hall–Kier alpha value is -4.28. The molecule has 0 radical (unpaired) electrons. The molecule has 11 nitrogen and oxygen atoms in total. The molecule has 0 spiro atoms. The predicted molar refractivity (Wildman–Crippen MR) is 172 cm³/mol. The average Bonchev–Trinajstić information content (AvgIpc) is 3.56. The van der Waals surface area contributed by atoms with Crippen LogP contribution in [0.15, 0.2) is 24.3 Å². The lowest BCUT2D eigenvalue weighted by Gasteiger charge is -2.28. The molecule has 0 unspecified atom stereocenters. The molecule has 2 amide bonds. The molecule has 0 aliphatic carbocycles. The number of hydrogen-bond donors (Lipinski definition) is 1. The highest BCUT2D eigenvalue weighted by Gasteiger charge is 2.33. The number of halogens is 2. The van der Waals surface area contributed by atoms with Gasteiger partial charge >= 0.3 is 12.2 Å². The van der Waals surface area contributed by atoms with E-state index >= 15 is 4.39 Å². The number of nitrogens with zero attached hydrogens (tertiary/aromatic N) is 6. The van der Waals surface area contributed by atoms with Gasteiger partial charge < -0.3 is 19.3 Å². The summed E-state index contributed by atoms with van der Waals surface area (Å²) in [5.74, 6) is 0.000911. The second kappa shape index (κ2) is 11.9. The summed E-state index contributed by atoms with van der Waals surface area (Å²) >= 11 is 7.31. The number of anilines is 2. The molecule has 0 bridgehead atoms. The number of carbonyl (C=O) groups excluding carboxylic acids is 2. The van der Waals surface area contributed by atoms with Crippen LogP contribution in [0.5, 0.6) is 0 Å². The normalized spacial score (nSPS) is 15.3. The first-order valence-corrected chi connectivity index (χ1v) is 15.4. The minimum atomic E-state index is -0.760. The summed E-state index contributed by atoms with van der Waals surface area (Å²) in [4.78, 5) is 42.3. The van der Waals surface area contributed by atoms with Gasteiger partial charge in [0.05, 0.1) is 21.3 Å². The number of likely N-dealkylation sites (N-methyl/N-ethyl adjacent to an activating group) is 1. The zero-order valence-corrected chi connectivity index (χ0v) is 27.6. The van der Waals surface area contributed by atoms with Crippen LogP contribution in [0.4, 0.5) is 24.8 Å². The Bertz CT molecular complexity index is 1860. The minimum Gasteiger partial charge on any atom is -0.444 e. The molecule has 1 fully saturated rings. The second-order valence-electron chi connectivity index (χ2n) is 12.7. The summed E-state index contributed by atoms with van der Waals surface area (Å²) in [5, 5.41) is 13.8. The van der Waals surface area contributed by atoms with Crippen molar-refractivity contribution in [2.75, 3.05) is 30.4 Å². The molecular formula is C31H33ClFN7O4S. The number of amides is 2. The molecule has 1 aliphatic rings. The SMILES string of the molecule is CN(c1nc(Cl)nc2nc(-c3ccc(F)c4sc(NC(=O)OC(C)(C)C)c(C#N)c34)ccc12)[C@@H]1CCN(C(=O)OC(C)(C)C)C1. The Labute approximate surface area is 268 Å². The lowest BCUT2D eigenvalue weighted by molar-refractivity contribution is 0.0292. The van der Waals surface area contributed by atoms with Gasteiger partial charge in [0.25, 0.3) is 0 Å². The van der Waals surface area contributed by atoms with E-state index in [-0.39, 0.29) is 32.7 Å². The van der Waals surface area contributed by atoms with Crippen LogP contribution < -0.4 is 10.2 Å². The lowest BCUT2D eigenvalue weighted by Crippen LogP contribution is -2.39. The molecular weight excluding hydrogens is 621 g/mol. The fraction of sp³-hybridized carbons (Fsp3) is 0.419. The van der Waals surface area contributed by atoms with E-state index < -0.39 is 23.1 Å². The molecule has 236 valence electrons. The van der Waals surface area contributed by atoms with Crippen molar-refractivity contribution >= 4 is 67.1 Å². The molecule has 5 rings (SSSR count). The predicted octanol–water partition coefficient (Wildman–Crippen LogP) is 7.36. The number of likely N-dealkylation sites (tertiary alicyclic amines) is 1. The van der Waals surface area contributed by atoms with Crippen LogP contribution >= 0.6 is 22.9 Å². The van der Waals surface area contributed by atoms with Crippen LogP contribution in [0.1, 0.15) is 53.5 Å². The summed E-state index contributed by atoms with van der Waals surface area (Å²) in [7, 11) is 1.88. The summed E-state index contributed by atoms with van der Waals surface area (Å²) in [6.45, 7) is 11.6. The first-order chi connectivity index (χ1) is 21.0. The van der Waals surface area contributed by atoms with E-state index in [0.717, 1.165) is 11.3 Å². The maximum absolute atomic E-state index is 15.0. The fourth-order valence-electron chi connectivity index (χ4n) is 5.09. The van der Waals surface area contributed by atoms with Crippen molar-refractivity contribution in [3.63, 3.8) is 0 Å². The number of pyridine rings is 1. The third-order valence-corrected chi connectivity index (χ3v) is 8.28. The molecule has 14 heteroatoms. The summed E-state index contributed by atoms with van der Waals surface area (Å²) in [6, 6.07) is 8.42. The molecule has 1 atom stereocenters. The number of nitrogens with one attached hydrogen (secondary N) is 1. The standard InChI is InChI=1S/C31H33ClFN7O4S/c1-30(2,3)43-28(41)38-26-19(14-34)22-17(8-10-20(33)23(22)45-26)21-11-9-18-24(35-21)36-27(32)37-25(18)39(7)16-12-13-40(15-16)29(42)44-31(4,5)6/h8-11,16H,12-13,15H2,1-7H3,(H,38,41)/t16-/m1/s1. The molecule has 1 N–H and O–H groups in total. The van der Waals surface area contributed by atoms with E-state index in [1.807, 2.05) is 32.7 Å². The smallest absolute Gasteiger partial charge is 0.412 e. The molecule has 4 aromatic rings. The maximum atomic E-state index is 15.0. The van der Waals surface area contributed by atoms with Crippen LogP contribution in [0, 0.1) is 17.1 Å². The molecule has 45 heavy (non-hydrogen) atoms. The highest BCUT2D eigenvalue weighted by Crippen LogP contribution is 2.42. The topological polar surface area (TPSA) is 134 Å². The molecule has 1 aromatic carbocycles. The highest BCUT2D eigenvalue weighted by molar-refractivity contribution is 7.23. The zero-order chi connectivity index (χ0) is 32.8. The van der Waals surface area contributed by atoms with E-state index in [1.54, 1.807) is 37.8 Å². The third-order valence-electron chi connectivity index (χ3n) is 7.00. The van der Waals surface area contributed by atoms with Crippen molar-refractivity contribution in [1.29, 1.82) is 5.26 Å². The maximum Gasteiger partial charge on any atom is 0.412 e. The number of hydrogen-bond acceptors (Lipinski definition) is 10. The second-order valence-corrected chi connectivity index (χ2v) is 14.1. The fourth-order valence-corrected chi connectivity index (χ4v) is 6.31. The van der Waals surface area contributed by atoms with Gasteiger partial charge in [-0.2, -0.15) is 15.2 Å². The molecule has 4 heterocycles. The van der Waals surface area contributed by atoms with Gasteiger partial charge in [-0.3, -0.25) is 5.32 Å². The van der Waals surface area contributed by atoms with Crippen LogP contribution in [0.2, 0.25) is 5.28 Å². The van der Waals surface area contributed by atoms with E-state index in [4.69, 9.17) is 26.1 Å². The quantitative estimate of drug-likeness (QED) is 0.224. The number of nitriles is 1. The number of rotatable bonds is 4. The number of carbonyl (C=O) groups is 2. The van der Waals surface area contributed by atoms with Crippen molar-refractivity contribution in [2.45, 2.75) is 65.2 Å². The number of ether oxygens (including phenoxy) is 2. The van der Waals surface area contributed by atoms with Gasteiger partial charge in [0.15, 0.2) is 5.65 Å². The number of benzene rings is 1. The van der Waals surface area contributed by atoms with Gasteiger partial charge in [-0.15, -0.1) is 11.3 Å². The Morgan fingerprint density at radius 2 is 1.82 bits per heavy atom. The van der Waals surface area contributed by atoms with Crippen molar-refractivity contribution in [2.24, 2.45) is 0 Å². The number of fused-ring (bicyclic) bond motifs is 2. The molecule has 3 aromatic heterocycles. The average molecular weight is 654 g/mol. The van der Waals surface area contributed by atoms with Crippen molar-refractivity contribution in [3.05, 3.63) is 40.9 Å². The lowest BCUT2D eigenvalue weighted by atomic mass is 10.0. The number of aromatic nitrogens is 3. The molecule has 0 saturated carbocycles. The van der Waals surface area contributed by atoms with Crippen LogP contribution in [0.3, 0.4) is 0 Å². The summed E-state index contributed by atoms with van der Waals surface area (Å²) < 4.78 is 26.1. The molecule has 1 aliphatic heterocycles. The first-order valence-electron chi connectivity index (χ1n) is 14.2. The van der Waals surface area contributed by atoms with Crippen molar-refractivity contribution in [3.8, 4) is 17.3 Å². The van der Waals surface area contributed by atoms with Crippen molar-refractivity contribution in [1.82, 2.24) is 19.9 Å². The van der Waals surface area contributed by atoms with E-state index in [1.165, 1.54) is 12.1 Å². The third kappa shape index (κ3) is 6.87. The van der Waals surface area contributed by atoms with Gasteiger partial charge in [0, 0.05) is 37.1 Å². The van der Waals surface area contributed by atoms with Gasteiger partial charge in [-0.1, -0.05) is 0 Å². The van der Waals surface area contributed by atoms with Gasteiger partial charge in [0.1, 0.15) is 33.9 Å². The van der Waals surface area contributed by atoms with E-state index in [9.17, 15) is 14.9 Å². The van der Waals surface area contributed by atoms with Crippen LogP contribution in [-0.2, 0) is 9.47 Å². The van der Waals surface area contributed by atoms with E-state index in [0.29, 0.717) is 53.0 Å². The Morgan fingerprint density at radius 1 is 1.11 bits per heavy atom. The Morgan fingerprint density at radius 3 is 2.49 bits per heavy atom. The van der Waals surface area contributed by atoms with Crippen molar-refractivity contribution < 1.29 is 23.5 Å². The first kappa shape index (κ1) is 32.1. The Kier molecular flexibility index (Phi) is 8.50. The van der Waals surface area contributed by atoms with Gasteiger partial charge in [0.2, 0.25) is 5.28 Å². The Balaban J connectivity index is 1.50. The largest absolute Gasteiger partial charge is 0.444 e. The van der Waals surface area contributed by atoms with Crippen LogP contribution in [-0.4, -0.2) is 69.4 Å². The minimum absolute atomic E-state index is 0.0163. The van der Waals surface area contributed by atoms with E-state index in [2.05, 4.69) is 21.4 Å². The zero-order valence-electron chi connectivity index (χ0n) is 26.0. The van der Waals surface area contributed by atoms with Gasteiger partial charge in [-0.05, 0) is 83.8 Å². The summed E-state index contributed by atoms with van der Waals surface area (Å²) in [6.07, 6.45) is -0.418. The monoisotopic (exact) mass is 653 g/mol. The number of thiophene rings is 1.